The van der Waals surface area contributed by atoms with Crippen molar-refractivity contribution in [2.75, 3.05) is 13.1 Å². The van der Waals surface area contributed by atoms with Crippen LogP contribution in [0.25, 0.3) is 10.8 Å². The first-order chi connectivity index (χ1) is 10.6. The molecule has 118 valence electrons. The predicted molar refractivity (Wildman–Crippen MR) is 89.1 cm³/mol. The van der Waals surface area contributed by atoms with E-state index in [9.17, 15) is 8.42 Å². The first-order valence-electron chi connectivity index (χ1n) is 7.75. The quantitative estimate of drug-likeness (QED) is 0.946. The number of fused-ring (bicyclic) bond motifs is 1. The highest BCUT2D eigenvalue weighted by molar-refractivity contribution is 7.89. The summed E-state index contributed by atoms with van der Waals surface area (Å²) in [5.74, 6) is 0.295. The summed E-state index contributed by atoms with van der Waals surface area (Å²) in [5, 5.41) is 1.72. The molecule has 0 aliphatic carbocycles. The lowest BCUT2D eigenvalue weighted by molar-refractivity contribution is 0.192. The first-order valence-corrected chi connectivity index (χ1v) is 9.19. The maximum Gasteiger partial charge on any atom is 0.243 e. The number of nitrogens with two attached hydrogens (primary N) is 1. The van der Waals surface area contributed by atoms with Crippen LogP contribution in [0.5, 0.6) is 0 Å². The molecular formula is C17H22N2O2S. The van der Waals surface area contributed by atoms with Crippen molar-refractivity contribution in [3.63, 3.8) is 0 Å². The van der Waals surface area contributed by atoms with Crippen LogP contribution in [0.15, 0.2) is 47.4 Å². The first kappa shape index (κ1) is 15.5. The Morgan fingerprint density at radius 3 is 2.68 bits per heavy atom. The van der Waals surface area contributed by atoms with Gasteiger partial charge in [0, 0.05) is 24.5 Å². The van der Waals surface area contributed by atoms with Gasteiger partial charge in [-0.1, -0.05) is 43.3 Å². The number of rotatable bonds is 3. The van der Waals surface area contributed by atoms with E-state index in [1.165, 1.54) is 0 Å². The molecule has 1 fully saturated rings. The van der Waals surface area contributed by atoms with Crippen LogP contribution < -0.4 is 5.73 Å². The molecule has 0 spiro atoms. The molecule has 0 amide bonds. The molecule has 1 aliphatic heterocycles. The lowest BCUT2D eigenvalue weighted by Gasteiger charge is -2.38. The van der Waals surface area contributed by atoms with Crippen LogP contribution in [0.4, 0.5) is 0 Å². The fraction of sp³-hybridized carbons (Fsp3) is 0.412. The van der Waals surface area contributed by atoms with Crippen molar-refractivity contribution in [2.45, 2.75) is 30.7 Å². The van der Waals surface area contributed by atoms with Gasteiger partial charge in [0.15, 0.2) is 0 Å². The third-order valence-corrected chi connectivity index (χ3v) is 6.63. The molecule has 0 bridgehead atoms. The Morgan fingerprint density at radius 2 is 1.91 bits per heavy atom. The zero-order valence-electron chi connectivity index (χ0n) is 12.8. The second kappa shape index (κ2) is 5.99. The molecule has 0 aromatic heterocycles. The summed E-state index contributed by atoms with van der Waals surface area (Å²) in [6.45, 7) is 3.01. The van der Waals surface area contributed by atoms with E-state index < -0.39 is 10.0 Å². The van der Waals surface area contributed by atoms with Gasteiger partial charge in [-0.05, 0) is 30.2 Å². The number of hydrogen-bond donors (Lipinski definition) is 1. The highest BCUT2D eigenvalue weighted by atomic mass is 32.2. The van der Waals surface area contributed by atoms with Crippen LogP contribution in [0.1, 0.15) is 19.8 Å². The molecule has 2 atom stereocenters. The molecule has 22 heavy (non-hydrogen) atoms. The number of benzene rings is 2. The molecule has 2 unspecified atom stereocenters. The molecular weight excluding hydrogens is 296 g/mol. The standard InChI is InChI=1S/C17H22N2O2S/c1-13-6-5-11-19(16(13)12-18)22(20,21)17-10-4-8-14-7-2-3-9-15(14)17/h2-4,7-10,13,16H,5-6,11-12,18H2,1H3. The van der Waals surface area contributed by atoms with E-state index in [0.717, 1.165) is 23.6 Å². The van der Waals surface area contributed by atoms with E-state index >= 15 is 0 Å². The molecule has 5 heteroatoms. The minimum Gasteiger partial charge on any atom is -0.329 e. The van der Waals surface area contributed by atoms with Gasteiger partial charge in [-0.25, -0.2) is 8.42 Å². The molecule has 1 aliphatic rings. The zero-order chi connectivity index (χ0) is 15.7. The van der Waals surface area contributed by atoms with Gasteiger partial charge in [0.25, 0.3) is 0 Å². The second-order valence-corrected chi connectivity index (χ2v) is 7.87. The Morgan fingerprint density at radius 1 is 1.18 bits per heavy atom. The van der Waals surface area contributed by atoms with Gasteiger partial charge in [-0.2, -0.15) is 4.31 Å². The monoisotopic (exact) mass is 318 g/mol. The Kier molecular flexibility index (Phi) is 4.21. The molecule has 1 saturated heterocycles. The lowest BCUT2D eigenvalue weighted by Crippen LogP contribution is -2.51. The van der Waals surface area contributed by atoms with Crippen LogP contribution in [0.2, 0.25) is 0 Å². The SMILES string of the molecule is CC1CCCN(S(=O)(=O)c2cccc3ccccc23)C1CN. The van der Waals surface area contributed by atoms with Crippen molar-refractivity contribution in [2.24, 2.45) is 11.7 Å². The van der Waals surface area contributed by atoms with Crippen molar-refractivity contribution in [1.29, 1.82) is 0 Å². The molecule has 4 nitrogen and oxygen atoms in total. The Bertz CT molecular complexity index is 768. The topological polar surface area (TPSA) is 63.4 Å². The van der Waals surface area contributed by atoms with E-state index in [1.54, 1.807) is 16.4 Å². The number of nitrogens with zero attached hydrogens (tertiary/aromatic N) is 1. The van der Waals surface area contributed by atoms with E-state index in [4.69, 9.17) is 5.73 Å². The minimum absolute atomic E-state index is 0.113. The molecule has 0 radical (unpaired) electrons. The van der Waals surface area contributed by atoms with Crippen molar-refractivity contribution < 1.29 is 8.42 Å². The lowest BCUT2D eigenvalue weighted by atomic mass is 9.93. The smallest absolute Gasteiger partial charge is 0.243 e. The van der Waals surface area contributed by atoms with E-state index in [-0.39, 0.29) is 6.04 Å². The van der Waals surface area contributed by atoms with Crippen LogP contribution in [0, 0.1) is 5.92 Å². The molecule has 2 aromatic rings. The van der Waals surface area contributed by atoms with Crippen molar-refractivity contribution in [1.82, 2.24) is 4.31 Å². The fourth-order valence-corrected chi connectivity index (χ4v) is 5.39. The third kappa shape index (κ3) is 2.53. The van der Waals surface area contributed by atoms with E-state index in [0.29, 0.717) is 23.9 Å². The maximum atomic E-state index is 13.2. The molecule has 2 N–H and O–H groups in total. The number of piperidine rings is 1. The second-order valence-electron chi connectivity index (χ2n) is 6.02. The minimum atomic E-state index is -3.53. The summed E-state index contributed by atoms with van der Waals surface area (Å²) in [4.78, 5) is 0.387. The number of sulfonamides is 1. The molecule has 1 heterocycles. The summed E-state index contributed by atoms with van der Waals surface area (Å²) >= 11 is 0. The van der Waals surface area contributed by atoms with E-state index in [1.807, 2.05) is 30.3 Å². The van der Waals surface area contributed by atoms with Gasteiger partial charge < -0.3 is 5.73 Å². The molecule has 3 rings (SSSR count). The summed E-state index contributed by atoms with van der Waals surface area (Å²) in [7, 11) is -3.53. The Balaban J connectivity index is 2.12. The van der Waals surface area contributed by atoms with Crippen LogP contribution in [-0.4, -0.2) is 31.9 Å². The summed E-state index contributed by atoms with van der Waals surface area (Å²) < 4.78 is 28.0. The average molecular weight is 318 g/mol. The van der Waals surface area contributed by atoms with Crippen LogP contribution in [0.3, 0.4) is 0 Å². The van der Waals surface area contributed by atoms with Gasteiger partial charge >= 0.3 is 0 Å². The third-order valence-electron chi connectivity index (χ3n) is 4.64. The predicted octanol–water partition coefficient (Wildman–Crippen LogP) is 2.59. The summed E-state index contributed by atoms with van der Waals surface area (Å²) in [5.41, 5.74) is 5.87. The average Bonchev–Trinajstić information content (AvgIpc) is 2.54. The Labute approximate surface area is 132 Å². The Hall–Kier alpha value is -1.43. The van der Waals surface area contributed by atoms with Crippen LogP contribution >= 0.6 is 0 Å². The van der Waals surface area contributed by atoms with Gasteiger partial charge in [0.05, 0.1) is 4.90 Å². The number of hydrogen-bond acceptors (Lipinski definition) is 3. The van der Waals surface area contributed by atoms with Gasteiger partial charge in [0.1, 0.15) is 0 Å². The summed E-state index contributed by atoms with van der Waals surface area (Å²) in [6.07, 6.45) is 1.92. The van der Waals surface area contributed by atoms with Crippen LogP contribution in [-0.2, 0) is 10.0 Å². The van der Waals surface area contributed by atoms with Gasteiger partial charge in [-0.15, -0.1) is 0 Å². The van der Waals surface area contributed by atoms with Crippen molar-refractivity contribution in [3.05, 3.63) is 42.5 Å². The summed E-state index contributed by atoms with van der Waals surface area (Å²) in [6, 6.07) is 12.9. The highest BCUT2D eigenvalue weighted by Crippen LogP contribution is 2.31. The van der Waals surface area contributed by atoms with E-state index in [2.05, 4.69) is 6.92 Å². The highest BCUT2D eigenvalue weighted by Gasteiger charge is 2.36. The van der Waals surface area contributed by atoms with Gasteiger partial charge in [-0.3, -0.25) is 0 Å². The zero-order valence-corrected chi connectivity index (χ0v) is 13.6. The maximum absolute atomic E-state index is 13.2. The largest absolute Gasteiger partial charge is 0.329 e. The van der Waals surface area contributed by atoms with Crippen molar-refractivity contribution >= 4 is 20.8 Å². The molecule has 0 saturated carbocycles. The fourth-order valence-electron chi connectivity index (χ4n) is 3.41. The normalized spacial score (nSPS) is 23.7. The van der Waals surface area contributed by atoms with Crippen molar-refractivity contribution in [3.8, 4) is 0 Å². The van der Waals surface area contributed by atoms with Gasteiger partial charge in [0.2, 0.25) is 10.0 Å². The molecule has 2 aromatic carbocycles.